The van der Waals surface area contributed by atoms with Crippen LogP contribution in [-0.4, -0.2) is 75.7 Å². The molecular formula is C24H31ClO9. The van der Waals surface area contributed by atoms with E-state index in [1.807, 2.05) is 0 Å². The van der Waals surface area contributed by atoms with Gasteiger partial charge in [0.05, 0.1) is 23.5 Å². The van der Waals surface area contributed by atoms with E-state index in [2.05, 4.69) is 6.58 Å². The first-order chi connectivity index (χ1) is 15.8. The minimum absolute atomic E-state index is 0.310. The highest BCUT2D eigenvalue weighted by Crippen LogP contribution is 2.61. The molecule has 9 nitrogen and oxygen atoms in total. The molecule has 0 aromatic rings. The van der Waals surface area contributed by atoms with Gasteiger partial charge in [0.25, 0.3) is 0 Å². The fourth-order valence-electron chi connectivity index (χ4n) is 6.27. The number of alkyl halides is 1. The van der Waals surface area contributed by atoms with Crippen molar-refractivity contribution in [3.8, 4) is 0 Å². The third kappa shape index (κ3) is 3.51. The van der Waals surface area contributed by atoms with E-state index in [1.54, 1.807) is 13.8 Å². The van der Waals surface area contributed by atoms with Crippen LogP contribution in [0.15, 0.2) is 24.3 Å². The van der Waals surface area contributed by atoms with Gasteiger partial charge in [-0.1, -0.05) is 32.6 Å². The zero-order valence-corrected chi connectivity index (χ0v) is 20.5. The fourth-order valence-corrected chi connectivity index (χ4v) is 6.60. The van der Waals surface area contributed by atoms with Gasteiger partial charge in [0.2, 0.25) is 0 Å². The minimum atomic E-state index is -2.06. The third-order valence-corrected chi connectivity index (χ3v) is 8.65. The Hall–Kier alpha value is -1.94. The van der Waals surface area contributed by atoms with E-state index in [-0.39, 0.29) is 0 Å². The van der Waals surface area contributed by atoms with Gasteiger partial charge in [0.15, 0.2) is 11.7 Å². The van der Waals surface area contributed by atoms with Crippen LogP contribution in [0.5, 0.6) is 0 Å². The lowest BCUT2D eigenvalue weighted by molar-refractivity contribution is -0.219. The molecular weight excluding hydrogens is 468 g/mol. The van der Waals surface area contributed by atoms with Crippen LogP contribution in [0.1, 0.15) is 34.6 Å². The number of esters is 3. The lowest BCUT2D eigenvalue weighted by atomic mass is 9.54. The number of fused-ring (bicyclic) bond motifs is 4. The zero-order valence-electron chi connectivity index (χ0n) is 19.8. The van der Waals surface area contributed by atoms with Gasteiger partial charge in [-0.25, -0.2) is 0 Å². The maximum atomic E-state index is 12.7. The monoisotopic (exact) mass is 498 g/mol. The SMILES string of the molecule is C=C1/C=C\[C@@H](O)[C@]2(C)[C@H]([C@@H](C)[C@H](OC(C)=O)[C@@H]3O[C@@H]32)[C@@H](OC(C)=O)[C@@]2(O)C(OC(=O)[C@@H]2C)[C@H]1Cl. The molecule has 1 saturated carbocycles. The molecule has 10 heteroatoms. The Morgan fingerprint density at radius 2 is 1.79 bits per heavy atom. The molecule has 0 aromatic heterocycles. The molecule has 2 saturated heterocycles. The Labute approximate surface area is 203 Å². The van der Waals surface area contributed by atoms with Crippen molar-refractivity contribution in [2.75, 3.05) is 0 Å². The quantitative estimate of drug-likeness (QED) is 0.250. The summed E-state index contributed by atoms with van der Waals surface area (Å²) in [5, 5.41) is 22.5. The Balaban J connectivity index is 1.96. The number of carbonyl (C=O) groups excluding carboxylic acids is 3. The van der Waals surface area contributed by atoms with Gasteiger partial charge in [-0.2, -0.15) is 0 Å². The summed E-state index contributed by atoms with van der Waals surface area (Å²) >= 11 is 6.62. The van der Waals surface area contributed by atoms with Crippen molar-refractivity contribution in [3.05, 3.63) is 24.3 Å². The van der Waals surface area contributed by atoms with E-state index >= 15 is 0 Å². The predicted octanol–water partition coefficient (Wildman–Crippen LogP) is 1.28. The second kappa shape index (κ2) is 8.33. The average molecular weight is 499 g/mol. The molecule has 188 valence electrons. The first kappa shape index (κ1) is 25.2. The van der Waals surface area contributed by atoms with Crippen molar-refractivity contribution >= 4 is 29.5 Å². The number of allylic oxidation sites excluding steroid dienone is 1. The standard InChI is InChI=1S/C24H31ClO9/c1-9-7-8-14(28)23(6)15(10(2)17(31-12(4)26)18-21(23)33-18)19(32-13(5)27)24(30)11(3)22(29)34-20(24)16(9)25/h7-8,10-11,14-21,28,30H,1H2,2-6H3/b8-7-/t10-,11+,14-,15-,16+,17+,18+,19-,20?,21+,23-,24-/m1/s1. The largest absolute Gasteiger partial charge is 0.459 e. The van der Waals surface area contributed by atoms with Gasteiger partial charge < -0.3 is 29.2 Å². The van der Waals surface area contributed by atoms with Crippen molar-refractivity contribution in [2.24, 2.45) is 23.2 Å². The van der Waals surface area contributed by atoms with E-state index in [0.29, 0.717) is 5.57 Å². The zero-order chi connectivity index (χ0) is 25.3. The molecule has 2 heterocycles. The molecule has 34 heavy (non-hydrogen) atoms. The maximum absolute atomic E-state index is 12.7. The number of rotatable bonds is 2. The van der Waals surface area contributed by atoms with E-state index in [4.69, 9.17) is 30.5 Å². The number of ether oxygens (including phenoxy) is 4. The molecule has 4 rings (SSSR count). The average Bonchev–Trinajstić information content (AvgIpc) is 3.52. The van der Waals surface area contributed by atoms with Gasteiger partial charge >= 0.3 is 17.9 Å². The molecule has 0 radical (unpaired) electrons. The smallest absolute Gasteiger partial charge is 0.312 e. The van der Waals surface area contributed by atoms with Crippen LogP contribution in [-0.2, 0) is 33.3 Å². The topological polar surface area (TPSA) is 132 Å². The number of aliphatic hydroxyl groups is 2. The van der Waals surface area contributed by atoms with Crippen LogP contribution in [0.2, 0.25) is 0 Å². The van der Waals surface area contributed by atoms with E-state index in [1.165, 1.54) is 32.9 Å². The van der Waals surface area contributed by atoms with E-state index in [0.717, 1.165) is 0 Å². The number of aliphatic hydroxyl groups excluding tert-OH is 1. The Morgan fingerprint density at radius 1 is 1.18 bits per heavy atom. The molecule has 0 aromatic carbocycles. The second-order valence-corrected chi connectivity index (χ2v) is 10.6. The summed E-state index contributed by atoms with van der Waals surface area (Å²) in [6.45, 7) is 11.4. The summed E-state index contributed by atoms with van der Waals surface area (Å²) in [6, 6.07) is 0. The lowest BCUT2D eigenvalue weighted by Crippen LogP contribution is -2.68. The van der Waals surface area contributed by atoms with Crippen LogP contribution in [0.4, 0.5) is 0 Å². The van der Waals surface area contributed by atoms with Gasteiger partial charge in [0, 0.05) is 31.1 Å². The Kier molecular flexibility index (Phi) is 6.16. The van der Waals surface area contributed by atoms with Gasteiger partial charge in [0.1, 0.15) is 18.3 Å². The van der Waals surface area contributed by atoms with Crippen molar-refractivity contribution in [2.45, 2.75) is 82.2 Å². The molecule has 0 amide bonds. The van der Waals surface area contributed by atoms with E-state index < -0.39 is 88.7 Å². The molecule has 0 spiro atoms. The maximum Gasteiger partial charge on any atom is 0.312 e. The Bertz CT molecular complexity index is 949. The first-order valence-corrected chi connectivity index (χ1v) is 11.8. The summed E-state index contributed by atoms with van der Waals surface area (Å²) in [6.07, 6.45) is -2.45. The highest BCUT2D eigenvalue weighted by atomic mass is 35.5. The fraction of sp³-hybridized carbons (Fsp3) is 0.708. The highest BCUT2D eigenvalue weighted by molar-refractivity contribution is 6.23. The minimum Gasteiger partial charge on any atom is -0.459 e. The van der Waals surface area contributed by atoms with Crippen molar-refractivity contribution in [1.29, 1.82) is 0 Å². The summed E-state index contributed by atoms with van der Waals surface area (Å²) < 4.78 is 22.8. The molecule has 2 N–H and O–H groups in total. The number of halogens is 1. The van der Waals surface area contributed by atoms with Crippen LogP contribution in [0.25, 0.3) is 0 Å². The van der Waals surface area contributed by atoms with E-state index in [9.17, 15) is 24.6 Å². The van der Waals surface area contributed by atoms with Gasteiger partial charge in [-0.15, -0.1) is 11.6 Å². The summed E-state index contributed by atoms with van der Waals surface area (Å²) in [7, 11) is 0. The van der Waals surface area contributed by atoms with Crippen molar-refractivity contribution in [1.82, 2.24) is 0 Å². The number of carbonyl (C=O) groups is 3. The molecule has 4 aliphatic rings. The summed E-state index contributed by atoms with van der Waals surface area (Å²) in [5.41, 5.74) is -2.85. The molecule has 2 aliphatic heterocycles. The molecule has 3 fully saturated rings. The van der Waals surface area contributed by atoms with Gasteiger partial charge in [-0.3, -0.25) is 14.4 Å². The van der Waals surface area contributed by atoms with Crippen molar-refractivity contribution in [3.63, 3.8) is 0 Å². The van der Waals surface area contributed by atoms with Crippen LogP contribution >= 0.6 is 11.6 Å². The number of hydrogen-bond acceptors (Lipinski definition) is 9. The summed E-state index contributed by atoms with van der Waals surface area (Å²) in [4.78, 5) is 36.9. The van der Waals surface area contributed by atoms with Crippen LogP contribution in [0.3, 0.4) is 0 Å². The normalized spacial score (nSPS) is 50.7. The third-order valence-electron chi connectivity index (χ3n) is 8.14. The van der Waals surface area contributed by atoms with Gasteiger partial charge in [-0.05, 0) is 12.5 Å². The number of epoxide rings is 1. The second-order valence-electron chi connectivity index (χ2n) is 10.1. The molecule has 2 aliphatic carbocycles. The summed E-state index contributed by atoms with van der Waals surface area (Å²) in [5.74, 6) is -4.39. The van der Waals surface area contributed by atoms with Crippen molar-refractivity contribution < 1.29 is 43.5 Å². The van der Waals surface area contributed by atoms with Crippen LogP contribution < -0.4 is 0 Å². The molecule has 1 unspecified atom stereocenters. The highest BCUT2D eigenvalue weighted by Gasteiger charge is 2.74. The Morgan fingerprint density at radius 3 is 2.38 bits per heavy atom. The molecule has 0 bridgehead atoms. The first-order valence-electron chi connectivity index (χ1n) is 11.4. The predicted molar refractivity (Wildman–Crippen MR) is 118 cm³/mol. The number of hydrogen-bond donors (Lipinski definition) is 2. The lowest BCUT2D eigenvalue weighted by Gasteiger charge is -2.54. The van der Waals surface area contributed by atoms with Crippen LogP contribution in [0, 0.1) is 23.2 Å². The molecule has 12 atom stereocenters.